The molecule has 5 heteroatoms. The normalized spacial score (nSPS) is 20.8. The lowest BCUT2D eigenvalue weighted by molar-refractivity contribution is 0.131. The zero-order valence-electron chi connectivity index (χ0n) is 15.7. The van der Waals surface area contributed by atoms with E-state index in [1.165, 1.54) is 43.5 Å². The number of likely N-dealkylation sites (tertiary alicyclic amines) is 1. The smallest absolute Gasteiger partial charge is 0.191 e. The molecule has 5 nitrogen and oxygen atoms in total. The van der Waals surface area contributed by atoms with Gasteiger partial charge in [-0.2, -0.15) is 0 Å². The average Bonchev–Trinajstić information content (AvgIpc) is 2.68. The molecule has 0 atom stereocenters. The van der Waals surface area contributed by atoms with Crippen molar-refractivity contribution in [3.63, 3.8) is 0 Å². The summed E-state index contributed by atoms with van der Waals surface area (Å²) in [4.78, 5) is 12.0. The number of nitrogens with zero attached hydrogens (tertiary/aromatic N) is 4. The Kier molecular flexibility index (Phi) is 6.70. The lowest BCUT2D eigenvalue weighted by Gasteiger charge is -2.34. The average molecular weight is 344 g/mol. The molecule has 2 aliphatic heterocycles. The Bertz CT molecular complexity index is 557. The zero-order valence-corrected chi connectivity index (χ0v) is 15.7. The Hall–Kier alpha value is -1.59. The lowest BCUT2D eigenvalue weighted by Crippen LogP contribution is -2.45. The molecule has 0 spiro atoms. The maximum atomic E-state index is 6.22. The highest BCUT2D eigenvalue weighted by molar-refractivity contribution is 5.78. The highest BCUT2D eigenvalue weighted by atomic mass is 15.3. The highest BCUT2D eigenvalue weighted by Gasteiger charge is 2.17. The van der Waals surface area contributed by atoms with Crippen LogP contribution in [0, 0.1) is 0 Å². The lowest BCUT2D eigenvalue weighted by atomic mass is 10.1. The third-order valence-electron chi connectivity index (χ3n) is 5.52. The minimum absolute atomic E-state index is 0.688. The third kappa shape index (κ3) is 5.19. The van der Waals surface area contributed by atoms with Gasteiger partial charge in [-0.1, -0.05) is 31.2 Å². The monoisotopic (exact) mass is 343 g/mol. The van der Waals surface area contributed by atoms with Gasteiger partial charge in [-0.25, -0.2) is 4.99 Å². The van der Waals surface area contributed by atoms with E-state index >= 15 is 0 Å². The van der Waals surface area contributed by atoms with Gasteiger partial charge in [0.05, 0.1) is 6.54 Å². The van der Waals surface area contributed by atoms with Crippen molar-refractivity contribution in [1.82, 2.24) is 14.7 Å². The third-order valence-corrected chi connectivity index (χ3v) is 5.52. The SMILES string of the molecule is CCN1CCN(Cc2ccccc2CN=C(N)N2CCCCC2)CC1. The molecule has 0 aromatic heterocycles. The first-order chi connectivity index (χ1) is 12.3. The first-order valence-corrected chi connectivity index (χ1v) is 9.82. The summed E-state index contributed by atoms with van der Waals surface area (Å²) < 4.78 is 0. The molecule has 0 unspecified atom stereocenters. The number of guanidine groups is 1. The van der Waals surface area contributed by atoms with E-state index in [0.717, 1.165) is 39.3 Å². The van der Waals surface area contributed by atoms with Gasteiger partial charge in [0, 0.05) is 45.8 Å². The maximum absolute atomic E-state index is 6.22. The summed E-state index contributed by atoms with van der Waals surface area (Å²) in [7, 11) is 0. The molecule has 25 heavy (non-hydrogen) atoms. The quantitative estimate of drug-likeness (QED) is 0.657. The molecule has 0 radical (unpaired) electrons. The first-order valence-electron chi connectivity index (χ1n) is 9.82. The van der Waals surface area contributed by atoms with E-state index < -0.39 is 0 Å². The van der Waals surface area contributed by atoms with Gasteiger partial charge in [0.2, 0.25) is 0 Å². The van der Waals surface area contributed by atoms with Crippen LogP contribution in [0.1, 0.15) is 37.3 Å². The van der Waals surface area contributed by atoms with E-state index in [9.17, 15) is 0 Å². The van der Waals surface area contributed by atoms with Crippen LogP contribution in [0.3, 0.4) is 0 Å². The Morgan fingerprint density at radius 1 is 0.920 bits per heavy atom. The van der Waals surface area contributed by atoms with Crippen molar-refractivity contribution in [2.75, 3.05) is 45.8 Å². The fourth-order valence-electron chi connectivity index (χ4n) is 3.76. The van der Waals surface area contributed by atoms with Gasteiger partial charge in [-0.15, -0.1) is 0 Å². The molecule has 138 valence electrons. The molecule has 3 rings (SSSR count). The first kappa shape index (κ1) is 18.2. The maximum Gasteiger partial charge on any atom is 0.191 e. The van der Waals surface area contributed by atoms with Gasteiger partial charge in [0.1, 0.15) is 0 Å². The van der Waals surface area contributed by atoms with Crippen LogP contribution in [0.4, 0.5) is 0 Å². The van der Waals surface area contributed by atoms with Crippen LogP contribution in [0.5, 0.6) is 0 Å². The Morgan fingerprint density at radius 2 is 1.56 bits per heavy atom. The van der Waals surface area contributed by atoms with Crippen LogP contribution >= 0.6 is 0 Å². The standard InChI is InChI=1S/C20H33N5/c1-2-23-12-14-24(15-13-23)17-19-9-5-4-8-18(19)16-22-20(21)25-10-6-3-7-11-25/h4-5,8-9H,2-3,6-7,10-17H2,1H3,(H2,21,22). The summed E-state index contributed by atoms with van der Waals surface area (Å²) in [6, 6.07) is 8.69. The van der Waals surface area contributed by atoms with E-state index in [2.05, 4.69) is 45.9 Å². The molecule has 0 saturated carbocycles. The number of nitrogens with two attached hydrogens (primary N) is 1. The number of rotatable bonds is 5. The molecule has 1 aromatic rings. The highest BCUT2D eigenvalue weighted by Crippen LogP contribution is 2.15. The van der Waals surface area contributed by atoms with Crippen molar-refractivity contribution in [2.24, 2.45) is 10.7 Å². The molecule has 2 heterocycles. The second-order valence-electron chi connectivity index (χ2n) is 7.20. The van der Waals surface area contributed by atoms with E-state index in [1.54, 1.807) is 0 Å². The number of hydrogen-bond donors (Lipinski definition) is 1. The van der Waals surface area contributed by atoms with Crippen molar-refractivity contribution < 1.29 is 0 Å². The van der Waals surface area contributed by atoms with Gasteiger partial charge in [0.25, 0.3) is 0 Å². The number of piperidine rings is 1. The molecular weight excluding hydrogens is 310 g/mol. The van der Waals surface area contributed by atoms with Crippen molar-refractivity contribution in [2.45, 2.75) is 39.3 Å². The van der Waals surface area contributed by atoms with Crippen molar-refractivity contribution in [3.8, 4) is 0 Å². The van der Waals surface area contributed by atoms with Crippen LogP contribution in [0.15, 0.2) is 29.3 Å². The number of likely N-dealkylation sites (N-methyl/N-ethyl adjacent to an activating group) is 1. The molecule has 2 N–H and O–H groups in total. The van der Waals surface area contributed by atoms with E-state index in [-0.39, 0.29) is 0 Å². The van der Waals surface area contributed by atoms with Gasteiger partial charge in [-0.3, -0.25) is 4.90 Å². The Morgan fingerprint density at radius 3 is 2.24 bits per heavy atom. The topological polar surface area (TPSA) is 48.1 Å². The van der Waals surface area contributed by atoms with E-state index in [0.29, 0.717) is 12.5 Å². The summed E-state index contributed by atoms with van der Waals surface area (Å²) in [6.07, 6.45) is 3.78. The van der Waals surface area contributed by atoms with E-state index in [1.807, 2.05) is 0 Å². The summed E-state index contributed by atoms with van der Waals surface area (Å²) >= 11 is 0. The fraction of sp³-hybridized carbons (Fsp3) is 0.650. The molecular formula is C20H33N5. The van der Waals surface area contributed by atoms with Gasteiger partial charge < -0.3 is 15.5 Å². The van der Waals surface area contributed by atoms with Crippen LogP contribution < -0.4 is 5.73 Å². The number of benzene rings is 1. The molecule has 0 amide bonds. The minimum atomic E-state index is 0.688. The second kappa shape index (κ2) is 9.20. The van der Waals surface area contributed by atoms with Crippen molar-refractivity contribution in [3.05, 3.63) is 35.4 Å². The second-order valence-corrected chi connectivity index (χ2v) is 7.20. The van der Waals surface area contributed by atoms with Crippen molar-refractivity contribution in [1.29, 1.82) is 0 Å². The fourth-order valence-corrected chi connectivity index (χ4v) is 3.76. The molecule has 0 bridgehead atoms. The molecule has 1 aromatic carbocycles. The summed E-state index contributed by atoms with van der Waals surface area (Å²) in [5.74, 6) is 0.714. The zero-order chi connectivity index (χ0) is 17.5. The summed E-state index contributed by atoms with van der Waals surface area (Å²) in [5, 5.41) is 0. The Balaban J connectivity index is 1.59. The Labute approximate surface area is 152 Å². The van der Waals surface area contributed by atoms with Crippen LogP contribution in [0.2, 0.25) is 0 Å². The summed E-state index contributed by atoms with van der Waals surface area (Å²) in [5.41, 5.74) is 8.92. The van der Waals surface area contributed by atoms with Crippen LogP contribution in [-0.2, 0) is 13.1 Å². The largest absolute Gasteiger partial charge is 0.370 e. The van der Waals surface area contributed by atoms with E-state index in [4.69, 9.17) is 10.7 Å². The molecule has 0 aliphatic carbocycles. The predicted octanol–water partition coefficient (Wildman–Crippen LogP) is 2.12. The molecule has 2 aliphatic rings. The summed E-state index contributed by atoms with van der Waals surface area (Å²) in [6.45, 7) is 11.9. The van der Waals surface area contributed by atoms with Crippen LogP contribution in [0.25, 0.3) is 0 Å². The van der Waals surface area contributed by atoms with Gasteiger partial charge in [0.15, 0.2) is 5.96 Å². The number of hydrogen-bond acceptors (Lipinski definition) is 3. The molecule has 2 fully saturated rings. The predicted molar refractivity (Wildman–Crippen MR) is 105 cm³/mol. The minimum Gasteiger partial charge on any atom is -0.370 e. The van der Waals surface area contributed by atoms with Gasteiger partial charge in [-0.05, 0) is 36.9 Å². The number of aliphatic imine (C=N–C) groups is 1. The van der Waals surface area contributed by atoms with Crippen LogP contribution in [-0.4, -0.2) is 66.5 Å². The number of piperazine rings is 1. The molecule has 2 saturated heterocycles. The van der Waals surface area contributed by atoms with Crippen molar-refractivity contribution >= 4 is 5.96 Å². The van der Waals surface area contributed by atoms with Gasteiger partial charge >= 0.3 is 0 Å².